The van der Waals surface area contributed by atoms with E-state index < -0.39 is 29.3 Å². The van der Waals surface area contributed by atoms with Crippen LogP contribution < -0.4 is 10.2 Å². The van der Waals surface area contributed by atoms with Gasteiger partial charge in [-0.3, -0.25) is 19.4 Å². The summed E-state index contributed by atoms with van der Waals surface area (Å²) >= 11 is 5.88. The summed E-state index contributed by atoms with van der Waals surface area (Å²) in [5, 5.41) is 10.5. The van der Waals surface area contributed by atoms with Crippen molar-refractivity contribution < 1.29 is 27.6 Å². The first-order valence-electron chi connectivity index (χ1n) is 13.6. The molecule has 0 atom stereocenters. The van der Waals surface area contributed by atoms with E-state index >= 15 is 0 Å². The molecule has 0 bridgehead atoms. The zero-order valence-electron chi connectivity index (χ0n) is 22.3. The Balaban J connectivity index is 1.11. The van der Waals surface area contributed by atoms with Crippen molar-refractivity contribution in [3.05, 3.63) is 82.1 Å². The van der Waals surface area contributed by atoms with Crippen molar-refractivity contribution in [2.45, 2.75) is 43.6 Å². The van der Waals surface area contributed by atoms with Gasteiger partial charge in [0.2, 0.25) is 5.91 Å². The Kier molecular flexibility index (Phi) is 7.34. The summed E-state index contributed by atoms with van der Waals surface area (Å²) in [7, 11) is 0. The normalized spacial score (nSPS) is 20.9. The standard InChI is InChI=1S/C29H26ClF3N6O3/c30-17-10-20(24(25(32)33)34-12-17)26(40)36-19-6-3-16(4-7-19)13-39-23-11-18(31)5-8-21(23)29(28(39)42)14-38(15-29)27(41)22-2-1-9-35-37-22/h1-2,5,8-12,16,19,25H,3-4,6-7,13-15H2,(H,36,40). The number of alkyl halides is 2. The molecule has 0 radical (unpaired) electrons. The third kappa shape index (κ3) is 4.97. The van der Waals surface area contributed by atoms with E-state index in [1.54, 1.807) is 28.0 Å². The summed E-state index contributed by atoms with van der Waals surface area (Å²) in [6.07, 6.45) is 2.13. The molecule has 6 rings (SSSR count). The SMILES string of the molecule is O=C(NC1CCC(CN2C(=O)C3(CN(C(=O)c4cccnn4)C3)c3ccc(F)cc32)CC1)c1cc(Cl)cnc1C(F)F. The lowest BCUT2D eigenvalue weighted by molar-refractivity contribution is -0.128. The molecule has 1 aromatic carbocycles. The molecule has 2 aliphatic heterocycles. The highest BCUT2D eigenvalue weighted by molar-refractivity contribution is 6.30. The van der Waals surface area contributed by atoms with Crippen LogP contribution in [0.1, 0.15) is 64.2 Å². The van der Waals surface area contributed by atoms with Crippen LogP contribution in [0.15, 0.2) is 48.8 Å². The first-order valence-corrected chi connectivity index (χ1v) is 14.0. The number of amides is 3. The Morgan fingerprint density at radius 2 is 1.88 bits per heavy atom. The molecule has 1 saturated heterocycles. The molecular formula is C29H26ClF3N6O3. The van der Waals surface area contributed by atoms with Crippen molar-refractivity contribution >= 4 is 35.0 Å². The van der Waals surface area contributed by atoms with E-state index in [1.165, 1.54) is 24.4 Å². The number of fused-ring (bicyclic) bond motifs is 2. The van der Waals surface area contributed by atoms with Crippen LogP contribution in [0.5, 0.6) is 0 Å². The number of likely N-dealkylation sites (tertiary alicyclic amines) is 1. The van der Waals surface area contributed by atoms with Gasteiger partial charge < -0.3 is 15.1 Å². The van der Waals surface area contributed by atoms with Gasteiger partial charge in [0, 0.05) is 38.1 Å². The molecule has 3 amide bonds. The Bertz CT molecular complexity index is 1540. The van der Waals surface area contributed by atoms with Crippen LogP contribution in [-0.4, -0.2) is 63.5 Å². The Hall–Kier alpha value is -4.06. The van der Waals surface area contributed by atoms with Crippen LogP contribution in [0.25, 0.3) is 0 Å². The number of aromatic nitrogens is 3. The second-order valence-electron chi connectivity index (χ2n) is 11.0. The largest absolute Gasteiger partial charge is 0.349 e. The Morgan fingerprint density at radius 1 is 1.12 bits per heavy atom. The summed E-state index contributed by atoms with van der Waals surface area (Å²) in [6.45, 7) is 0.686. The van der Waals surface area contributed by atoms with E-state index in [-0.39, 0.29) is 53.1 Å². The Labute approximate surface area is 244 Å². The van der Waals surface area contributed by atoms with Crippen molar-refractivity contribution in [3.63, 3.8) is 0 Å². The van der Waals surface area contributed by atoms with Crippen LogP contribution in [0, 0.1) is 11.7 Å². The minimum Gasteiger partial charge on any atom is -0.349 e. The molecular weight excluding hydrogens is 573 g/mol. The van der Waals surface area contributed by atoms with Crippen LogP contribution in [0.3, 0.4) is 0 Å². The molecule has 3 aliphatic rings. The summed E-state index contributed by atoms with van der Waals surface area (Å²) in [6, 6.07) is 8.44. The van der Waals surface area contributed by atoms with Crippen LogP contribution in [-0.2, 0) is 10.2 Å². The minimum atomic E-state index is -2.92. The van der Waals surface area contributed by atoms with Gasteiger partial charge in [-0.05, 0) is 67.5 Å². The highest BCUT2D eigenvalue weighted by Crippen LogP contribution is 2.48. The van der Waals surface area contributed by atoms with Gasteiger partial charge >= 0.3 is 0 Å². The number of hydrogen-bond acceptors (Lipinski definition) is 6. The number of hydrogen-bond donors (Lipinski definition) is 1. The second-order valence-corrected chi connectivity index (χ2v) is 11.4. The molecule has 1 saturated carbocycles. The number of carbonyl (C=O) groups excluding carboxylic acids is 3. The number of nitrogens with zero attached hydrogens (tertiary/aromatic N) is 5. The summed E-state index contributed by atoms with van der Waals surface area (Å²) in [4.78, 5) is 46.3. The van der Waals surface area contributed by atoms with Crippen LogP contribution in [0.4, 0.5) is 18.9 Å². The molecule has 3 aromatic rings. The first kappa shape index (κ1) is 28.1. The summed E-state index contributed by atoms with van der Waals surface area (Å²) in [5.74, 6) is -1.53. The zero-order valence-corrected chi connectivity index (χ0v) is 23.0. The fourth-order valence-corrected chi connectivity index (χ4v) is 6.40. The number of rotatable bonds is 6. The maximum atomic E-state index is 14.3. The monoisotopic (exact) mass is 598 g/mol. The van der Waals surface area contributed by atoms with E-state index in [0.717, 1.165) is 6.20 Å². The van der Waals surface area contributed by atoms with Crippen molar-refractivity contribution in [3.8, 4) is 0 Å². The molecule has 1 N–H and O–H groups in total. The minimum absolute atomic E-state index is 0.0789. The average molecular weight is 599 g/mol. The van der Waals surface area contributed by atoms with Gasteiger partial charge in [0.1, 0.15) is 16.9 Å². The lowest BCUT2D eigenvalue weighted by Gasteiger charge is -2.46. The van der Waals surface area contributed by atoms with Gasteiger partial charge in [0.15, 0.2) is 5.69 Å². The maximum absolute atomic E-state index is 14.3. The predicted molar refractivity (Wildman–Crippen MR) is 146 cm³/mol. The molecule has 0 unspecified atom stereocenters. The van der Waals surface area contributed by atoms with Crippen molar-refractivity contribution in [2.24, 2.45) is 5.92 Å². The molecule has 1 aliphatic carbocycles. The lowest BCUT2D eigenvalue weighted by atomic mass is 9.74. The third-order valence-corrected chi connectivity index (χ3v) is 8.59. The summed E-state index contributed by atoms with van der Waals surface area (Å²) < 4.78 is 41.1. The number of pyridine rings is 1. The van der Waals surface area contributed by atoms with E-state index in [9.17, 15) is 27.6 Å². The summed E-state index contributed by atoms with van der Waals surface area (Å²) in [5.41, 5.74) is -0.420. The van der Waals surface area contributed by atoms with E-state index in [1.807, 2.05) is 0 Å². The number of nitrogens with one attached hydrogen (secondary N) is 1. The van der Waals surface area contributed by atoms with Crippen LogP contribution in [0.2, 0.25) is 5.02 Å². The van der Waals surface area contributed by atoms with Gasteiger partial charge in [-0.25, -0.2) is 13.2 Å². The molecule has 218 valence electrons. The Morgan fingerprint density at radius 3 is 2.57 bits per heavy atom. The van der Waals surface area contributed by atoms with Gasteiger partial charge in [-0.1, -0.05) is 17.7 Å². The van der Waals surface area contributed by atoms with Gasteiger partial charge in [0.05, 0.1) is 16.3 Å². The van der Waals surface area contributed by atoms with Gasteiger partial charge in [0.25, 0.3) is 18.2 Å². The molecule has 1 spiro atoms. The molecule has 2 aromatic heterocycles. The van der Waals surface area contributed by atoms with Crippen LogP contribution >= 0.6 is 11.6 Å². The molecule has 9 nitrogen and oxygen atoms in total. The highest BCUT2D eigenvalue weighted by Gasteiger charge is 2.59. The topological polar surface area (TPSA) is 108 Å². The van der Waals surface area contributed by atoms with Gasteiger partial charge in [-0.2, -0.15) is 5.10 Å². The third-order valence-electron chi connectivity index (χ3n) is 8.38. The van der Waals surface area contributed by atoms with E-state index in [2.05, 4.69) is 20.5 Å². The first-order chi connectivity index (χ1) is 20.2. The van der Waals surface area contributed by atoms with E-state index in [0.29, 0.717) is 43.5 Å². The molecule has 13 heteroatoms. The molecule has 2 fully saturated rings. The fraction of sp³-hybridized carbons (Fsp3) is 0.379. The quantitative estimate of drug-likeness (QED) is 0.453. The van der Waals surface area contributed by atoms with Crippen molar-refractivity contribution in [2.75, 3.05) is 24.5 Å². The number of halogens is 4. The van der Waals surface area contributed by atoms with Crippen molar-refractivity contribution in [1.82, 2.24) is 25.4 Å². The average Bonchev–Trinajstić information content (AvgIpc) is 3.20. The number of carbonyl (C=O) groups is 3. The zero-order chi connectivity index (χ0) is 29.6. The fourth-order valence-electron chi connectivity index (χ4n) is 6.25. The molecule has 4 heterocycles. The highest BCUT2D eigenvalue weighted by atomic mass is 35.5. The number of benzene rings is 1. The van der Waals surface area contributed by atoms with Crippen molar-refractivity contribution in [1.29, 1.82) is 0 Å². The second kappa shape index (κ2) is 11.0. The van der Waals surface area contributed by atoms with Gasteiger partial charge in [-0.15, -0.1) is 5.10 Å². The maximum Gasteiger partial charge on any atom is 0.281 e. The van der Waals surface area contributed by atoms with E-state index in [4.69, 9.17) is 11.6 Å². The smallest absolute Gasteiger partial charge is 0.281 e. The number of anilines is 1. The lowest BCUT2D eigenvalue weighted by Crippen LogP contribution is -2.65. The predicted octanol–water partition coefficient (Wildman–Crippen LogP) is 4.33. The molecule has 42 heavy (non-hydrogen) atoms.